The summed E-state index contributed by atoms with van der Waals surface area (Å²) in [6, 6.07) is 5.33. The molecule has 1 heterocycles. The van der Waals surface area contributed by atoms with Gasteiger partial charge in [-0.3, -0.25) is 4.79 Å². The standard InChI is InChI=1S/C14H18BrNO3/c1-14(6-3-7-19-14)9-16-13(17)11-8-10(18-2)4-5-12(11)15/h4-5,8H,3,6-7,9H2,1-2H3,(H,16,17). The first-order valence-electron chi connectivity index (χ1n) is 6.30. The molecule has 1 saturated heterocycles. The van der Waals surface area contributed by atoms with Crippen LogP contribution in [0.3, 0.4) is 0 Å². The van der Waals surface area contributed by atoms with Crippen LogP contribution in [0.1, 0.15) is 30.1 Å². The molecule has 0 spiro atoms. The third-order valence-corrected chi connectivity index (χ3v) is 4.03. The van der Waals surface area contributed by atoms with Gasteiger partial charge in [0.25, 0.3) is 5.91 Å². The maximum Gasteiger partial charge on any atom is 0.252 e. The van der Waals surface area contributed by atoms with Gasteiger partial charge < -0.3 is 14.8 Å². The van der Waals surface area contributed by atoms with Gasteiger partial charge in [0.05, 0.1) is 18.3 Å². The van der Waals surface area contributed by atoms with Gasteiger partial charge in [0.2, 0.25) is 0 Å². The smallest absolute Gasteiger partial charge is 0.252 e. The Hall–Kier alpha value is -1.07. The SMILES string of the molecule is COc1ccc(Br)c(C(=O)NCC2(C)CCCO2)c1. The number of carbonyl (C=O) groups is 1. The predicted molar refractivity (Wildman–Crippen MR) is 76.6 cm³/mol. The van der Waals surface area contributed by atoms with Gasteiger partial charge in [-0.1, -0.05) is 0 Å². The van der Waals surface area contributed by atoms with E-state index in [0.29, 0.717) is 17.9 Å². The Labute approximate surface area is 121 Å². The molecule has 1 aromatic carbocycles. The van der Waals surface area contributed by atoms with Crippen molar-refractivity contribution in [3.63, 3.8) is 0 Å². The summed E-state index contributed by atoms with van der Waals surface area (Å²) in [5.74, 6) is 0.541. The number of carbonyl (C=O) groups excluding carboxylic acids is 1. The second kappa shape index (κ2) is 5.92. The molecule has 104 valence electrons. The van der Waals surface area contributed by atoms with Crippen LogP contribution in [0.2, 0.25) is 0 Å². The average molecular weight is 328 g/mol. The second-order valence-corrected chi connectivity index (χ2v) is 5.78. The molecule has 0 aliphatic carbocycles. The van der Waals surface area contributed by atoms with Crippen LogP contribution in [0.4, 0.5) is 0 Å². The van der Waals surface area contributed by atoms with E-state index in [4.69, 9.17) is 9.47 Å². The normalized spacial score (nSPS) is 22.3. The molecule has 2 rings (SSSR count). The largest absolute Gasteiger partial charge is 0.497 e. The summed E-state index contributed by atoms with van der Waals surface area (Å²) >= 11 is 3.38. The number of hydrogen-bond acceptors (Lipinski definition) is 3. The molecule has 0 bridgehead atoms. The summed E-state index contributed by atoms with van der Waals surface area (Å²) in [4.78, 5) is 12.2. The Morgan fingerprint density at radius 2 is 2.37 bits per heavy atom. The van der Waals surface area contributed by atoms with Crippen molar-refractivity contribution in [2.45, 2.75) is 25.4 Å². The fourth-order valence-electron chi connectivity index (χ4n) is 2.14. The lowest BCUT2D eigenvalue weighted by Gasteiger charge is -2.23. The molecule has 5 heteroatoms. The van der Waals surface area contributed by atoms with Crippen molar-refractivity contribution in [2.24, 2.45) is 0 Å². The van der Waals surface area contributed by atoms with E-state index in [-0.39, 0.29) is 11.5 Å². The Morgan fingerprint density at radius 3 is 3.00 bits per heavy atom. The molecule has 1 aromatic rings. The summed E-state index contributed by atoms with van der Waals surface area (Å²) in [6.07, 6.45) is 2.03. The molecule has 1 amide bonds. The van der Waals surface area contributed by atoms with Gasteiger partial charge in [-0.05, 0) is 53.9 Å². The maximum atomic E-state index is 12.2. The first-order chi connectivity index (χ1) is 9.04. The zero-order chi connectivity index (χ0) is 13.9. The molecule has 0 aromatic heterocycles. The van der Waals surface area contributed by atoms with E-state index in [9.17, 15) is 4.79 Å². The highest BCUT2D eigenvalue weighted by atomic mass is 79.9. The molecule has 1 N–H and O–H groups in total. The number of benzene rings is 1. The fourth-order valence-corrected chi connectivity index (χ4v) is 2.57. The van der Waals surface area contributed by atoms with Gasteiger partial charge in [0.15, 0.2) is 0 Å². The van der Waals surface area contributed by atoms with Crippen molar-refractivity contribution in [2.75, 3.05) is 20.3 Å². The molecule has 4 nitrogen and oxygen atoms in total. The van der Waals surface area contributed by atoms with Crippen LogP contribution in [0.15, 0.2) is 22.7 Å². The molecule has 1 atom stereocenters. The molecular formula is C14H18BrNO3. The molecule has 19 heavy (non-hydrogen) atoms. The third kappa shape index (κ3) is 3.48. The number of rotatable bonds is 4. The fraction of sp³-hybridized carbons (Fsp3) is 0.500. The zero-order valence-electron chi connectivity index (χ0n) is 11.2. The van der Waals surface area contributed by atoms with Gasteiger partial charge in [-0.25, -0.2) is 0 Å². The minimum Gasteiger partial charge on any atom is -0.497 e. The van der Waals surface area contributed by atoms with E-state index in [2.05, 4.69) is 21.2 Å². The maximum absolute atomic E-state index is 12.2. The van der Waals surface area contributed by atoms with Crippen molar-refractivity contribution in [3.05, 3.63) is 28.2 Å². The zero-order valence-corrected chi connectivity index (χ0v) is 12.7. The molecule has 0 saturated carbocycles. The van der Waals surface area contributed by atoms with Crippen molar-refractivity contribution < 1.29 is 14.3 Å². The van der Waals surface area contributed by atoms with Gasteiger partial charge >= 0.3 is 0 Å². The third-order valence-electron chi connectivity index (χ3n) is 3.34. The Bertz CT molecular complexity index is 470. The predicted octanol–water partition coefficient (Wildman–Crippen LogP) is 2.76. The molecule has 1 aliphatic heterocycles. The van der Waals surface area contributed by atoms with Crippen LogP contribution in [0, 0.1) is 0 Å². The van der Waals surface area contributed by atoms with Gasteiger partial charge in [-0.2, -0.15) is 0 Å². The molecule has 1 unspecified atom stereocenters. The Kier molecular flexibility index (Phi) is 4.47. The number of nitrogens with one attached hydrogen (secondary N) is 1. The van der Waals surface area contributed by atoms with Crippen LogP contribution in [-0.2, 0) is 4.74 Å². The summed E-state index contributed by atoms with van der Waals surface area (Å²) in [5.41, 5.74) is 0.335. The lowest BCUT2D eigenvalue weighted by Crippen LogP contribution is -2.40. The molecule has 1 aliphatic rings. The summed E-state index contributed by atoms with van der Waals surface area (Å²) in [7, 11) is 1.58. The minimum absolute atomic E-state index is 0.123. The number of ether oxygens (including phenoxy) is 2. The van der Waals surface area contributed by atoms with Crippen LogP contribution in [0.5, 0.6) is 5.75 Å². The lowest BCUT2D eigenvalue weighted by molar-refractivity contribution is 0.0206. The highest BCUT2D eigenvalue weighted by Gasteiger charge is 2.30. The van der Waals surface area contributed by atoms with Gasteiger partial charge in [-0.15, -0.1) is 0 Å². The van der Waals surface area contributed by atoms with Crippen molar-refractivity contribution >= 4 is 21.8 Å². The van der Waals surface area contributed by atoms with E-state index >= 15 is 0 Å². The Morgan fingerprint density at radius 1 is 1.58 bits per heavy atom. The molecule has 0 radical (unpaired) electrons. The van der Waals surface area contributed by atoms with E-state index < -0.39 is 0 Å². The summed E-state index contributed by atoms with van der Waals surface area (Å²) in [6.45, 7) is 3.33. The monoisotopic (exact) mass is 327 g/mol. The highest BCUT2D eigenvalue weighted by Crippen LogP contribution is 2.25. The van der Waals surface area contributed by atoms with Crippen LogP contribution in [-0.4, -0.2) is 31.8 Å². The van der Waals surface area contributed by atoms with Crippen molar-refractivity contribution in [3.8, 4) is 5.75 Å². The van der Waals surface area contributed by atoms with Gasteiger partial charge in [0.1, 0.15) is 5.75 Å². The first kappa shape index (κ1) is 14.3. The topological polar surface area (TPSA) is 47.6 Å². The number of hydrogen-bond donors (Lipinski definition) is 1. The van der Waals surface area contributed by atoms with Crippen molar-refractivity contribution in [1.29, 1.82) is 0 Å². The molecule has 1 fully saturated rings. The number of amides is 1. The van der Waals surface area contributed by atoms with E-state index in [1.165, 1.54) is 0 Å². The van der Waals surface area contributed by atoms with Crippen LogP contribution >= 0.6 is 15.9 Å². The summed E-state index contributed by atoms with van der Waals surface area (Å²) < 4.78 is 11.5. The summed E-state index contributed by atoms with van der Waals surface area (Å²) in [5, 5.41) is 2.92. The number of methoxy groups -OCH3 is 1. The highest BCUT2D eigenvalue weighted by molar-refractivity contribution is 9.10. The Balaban J connectivity index is 2.03. The van der Waals surface area contributed by atoms with E-state index in [1.807, 2.05) is 19.1 Å². The van der Waals surface area contributed by atoms with Crippen molar-refractivity contribution in [1.82, 2.24) is 5.32 Å². The van der Waals surface area contributed by atoms with Crippen LogP contribution < -0.4 is 10.1 Å². The quantitative estimate of drug-likeness (QED) is 0.925. The lowest BCUT2D eigenvalue weighted by atomic mass is 10.0. The number of halogens is 1. The van der Waals surface area contributed by atoms with Crippen LogP contribution in [0.25, 0.3) is 0 Å². The van der Waals surface area contributed by atoms with Gasteiger partial charge in [0, 0.05) is 17.6 Å². The first-order valence-corrected chi connectivity index (χ1v) is 7.09. The average Bonchev–Trinajstić information content (AvgIpc) is 2.84. The molecular weight excluding hydrogens is 310 g/mol. The van der Waals surface area contributed by atoms with E-state index in [1.54, 1.807) is 13.2 Å². The second-order valence-electron chi connectivity index (χ2n) is 4.93. The van der Waals surface area contributed by atoms with E-state index in [0.717, 1.165) is 23.9 Å². The minimum atomic E-state index is -0.235.